The summed E-state index contributed by atoms with van der Waals surface area (Å²) in [5, 5.41) is 0. The molecule has 0 saturated carbocycles. The third-order valence-electron chi connectivity index (χ3n) is 6.75. The van der Waals surface area contributed by atoms with E-state index in [0.29, 0.717) is 13.1 Å². The Bertz CT molecular complexity index is 1550. The van der Waals surface area contributed by atoms with E-state index in [0.717, 1.165) is 51.8 Å². The highest BCUT2D eigenvalue weighted by molar-refractivity contribution is 6.15. The first-order valence-electron chi connectivity index (χ1n) is 12.2. The van der Waals surface area contributed by atoms with Crippen LogP contribution < -0.4 is 0 Å². The highest BCUT2D eigenvalue weighted by atomic mass is 16.1. The number of aryl methyl sites for hydroxylation is 2. The Morgan fingerprint density at radius 3 is 1.75 bits per heavy atom. The van der Waals surface area contributed by atoms with Crippen molar-refractivity contribution in [3.05, 3.63) is 119 Å². The maximum absolute atomic E-state index is 13.8. The molecule has 1 saturated heterocycles. The first-order chi connectivity index (χ1) is 17.6. The Morgan fingerprint density at radius 1 is 0.722 bits per heavy atom. The zero-order valence-electron chi connectivity index (χ0n) is 20.4. The van der Waals surface area contributed by atoms with Gasteiger partial charge in [0.2, 0.25) is 0 Å². The van der Waals surface area contributed by atoms with Crippen LogP contribution in [0.4, 0.5) is 0 Å². The number of fused-ring (bicyclic) bond motifs is 2. The average Bonchev–Trinajstić information content (AvgIpc) is 3.39. The van der Waals surface area contributed by atoms with Crippen molar-refractivity contribution in [1.29, 1.82) is 0 Å². The Kier molecular flexibility index (Phi) is 5.58. The lowest BCUT2D eigenvalue weighted by molar-refractivity contribution is -0.113. The molecule has 6 nitrogen and oxygen atoms in total. The summed E-state index contributed by atoms with van der Waals surface area (Å²) in [7, 11) is 0. The average molecular weight is 474 g/mol. The topological polar surface area (TPSA) is 54.9 Å². The highest BCUT2D eigenvalue weighted by Gasteiger charge is 2.27. The summed E-state index contributed by atoms with van der Waals surface area (Å²) in [6, 6.07) is 22.4. The van der Waals surface area contributed by atoms with Crippen molar-refractivity contribution in [2.24, 2.45) is 0 Å². The summed E-state index contributed by atoms with van der Waals surface area (Å²) < 4.78 is 4.11. The van der Waals surface area contributed by atoms with E-state index in [1.165, 1.54) is 5.56 Å². The predicted molar refractivity (Wildman–Crippen MR) is 143 cm³/mol. The molecular formula is C30H27N5O. The number of ketones is 1. The monoisotopic (exact) mass is 473 g/mol. The van der Waals surface area contributed by atoms with Crippen LogP contribution in [0.15, 0.2) is 90.3 Å². The van der Waals surface area contributed by atoms with Crippen molar-refractivity contribution in [2.45, 2.75) is 20.4 Å². The minimum absolute atomic E-state index is 0.0591. The molecule has 0 atom stereocenters. The van der Waals surface area contributed by atoms with E-state index in [1.807, 2.05) is 80.9 Å². The van der Waals surface area contributed by atoms with Crippen LogP contribution in [-0.2, 0) is 11.3 Å². The molecule has 0 spiro atoms. The molecule has 1 fully saturated rings. The van der Waals surface area contributed by atoms with Crippen LogP contribution in [-0.4, -0.2) is 42.5 Å². The molecule has 1 aliphatic heterocycles. The fourth-order valence-electron chi connectivity index (χ4n) is 5.04. The Morgan fingerprint density at radius 2 is 1.22 bits per heavy atom. The molecule has 178 valence electrons. The van der Waals surface area contributed by atoms with Crippen LogP contribution in [0, 0.1) is 13.8 Å². The maximum atomic E-state index is 13.8. The van der Waals surface area contributed by atoms with E-state index in [1.54, 1.807) is 0 Å². The van der Waals surface area contributed by atoms with Crippen LogP contribution in [0.25, 0.3) is 23.2 Å². The SMILES string of the molecule is Cc1nc(/C=C2\CN(Cc3ccccc3)C/C(=C\c3nc(C)n4ccccc34)C2=O)c2ccccn12. The van der Waals surface area contributed by atoms with E-state index in [-0.39, 0.29) is 5.78 Å². The number of aromatic nitrogens is 4. The van der Waals surface area contributed by atoms with E-state index in [9.17, 15) is 4.79 Å². The van der Waals surface area contributed by atoms with Gasteiger partial charge in [-0.05, 0) is 55.8 Å². The lowest BCUT2D eigenvalue weighted by Gasteiger charge is -2.29. The molecule has 0 radical (unpaired) electrons. The minimum Gasteiger partial charge on any atom is -0.303 e. The van der Waals surface area contributed by atoms with Gasteiger partial charge in [0.05, 0.1) is 22.4 Å². The summed E-state index contributed by atoms with van der Waals surface area (Å²) in [5.41, 5.74) is 6.34. The van der Waals surface area contributed by atoms with Crippen molar-refractivity contribution in [3.8, 4) is 0 Å². The largest absolute Gasteiger partial charge is 0.303 e. The second kappa shape index (κ2) is 9.06. The predicted octanol–water partition coefficient (Wildman–Crippen LogP) is 5.15. The number of benzene rings is 1. The first kappa shape index (κ1) is 22.2. The minimum atomic E-state index is 0.0591. The molecule has 0 amide bonds. The zero-order chi connectivity index (χ0) is 24.6. The number of Topliss-reactive ketones (excluding diaryl/α,β-unsaturated/α-hetero) is 1. The molecule has 5 aromatic rings. The molecule has 4 aromatic heterocycles. The summed E-state index contributed by atoms with van der Waals surface area (Å²) >= 11 is 0. The van der Waals surface area contributed by atoms with Crippen molar-refractivity contribution in [1.82, 2.24) is 23.7 Å². The van der Waals surface area contributed by atoms with Gasteiger partial charge in [0.25, 0.3) is 0 Å². The number of rotatable bonds is 4. The lowest BCUT2D eigenvalue weighted by atomic mass is 9.95. The smallest absolute Gasteiger partial charge is 0.187 e. The van der Waals surface area contributed by atoms with Crippen molar-refractivity contribution in [2.75, 3.05) is 13.1 Å². The van der Waals surface area contributed by atoms with Gasteiger partial charge < -0.3 is 8.80 Å². The van der Waals surface area contributed by atoms with E-state index in [4.69, 9.17) is 9.97 Å². The fraction of sp³-hybridized carbons (Fsp3) is 0.167. The normalized spacial score (nSPS) is 17.1. The third kappa shape index (κ3) is 4.06. The number of imidazole rings is 2. The van der Waals surface area contributed by atoms with Crippen LogP contribution >= 0.6 is 0 Å². The van der Waals surface area contributed by atoms with E-state index < -0.39 is 0 Å². The second-order valence-electron chi connectivity index (χ2n) is 9.30. The summed E-state index contributed by atoms with van der Waals surface area (Å²) in [4.78, 5) is 25.6. The summed E-state index contributed by atoms with van der Waals surface area (Å²) in [5.74, 6) is 1.86. The van der Waals surface area contributed by atoms with Gasteiger partial charge in [-0.15, -0.1) is 0 Å². The Balaban J connectivity index is 1.44. The molecule has 0 unspecified atom stereocenters. The van der Waals surface area contributed by atoms with Crippen LogP contribution in [0.3, 0.4) is 0 Å². The Hall–Kier alpha value is -4.29. The molecule has 5 heterocycles. The molecule has 0 aliphatic carbocycles. The van der Waals surface area contributed by atoms with Gasteiger partial charge in [0, 0.05) is 43.2 Å². The van der Waals surface area contributed by atoms with Crippen LogP contribution in [0.1, 0.15) is 28.6 Å². The van der Waals surface area contributed by atoms with E-state index in [2.05, 4.69) is 38.0 Å². The molecule has 0 bridgehead atoms. The van der Waals surface area contributed by atoms with Crippen LogP contribution in [0.2, 0.25) is 0 Å². The number of nitrogens with zero attached hydrogens (tertiary/aromatic N) is 5. The number of carbonyl (C=O) groups excluding carboxylic acids is 1. The molecular weight excluding hydrogens is 446 g/mol. The van der Waals surface area contributed by atoms with Gasteiger partial charge in [-0.2, -0.15) is 0 Å². The summed E-state index contributed by atoms with van der Waals surface area (Å²) in [6.07, 6.45) is 7.93. The number of hydrogen-bond acceptors (Lipinski definition) is 4. The quantitative estimate of drug-likeness (QED) is 0.339. The van der Waals surface area contributed by atoms with Gasteiger partial charge in [-0.25, -0.2) is 9.97 Å². The molecule has 0 N–H and O–H groups in total. The van der Waals surface area contributed by atoms with Gasteiger partial charge in [-0.3, -0.25) is 9.69 Å². The maximum Gasteiger partial charge on any atom is 0.187 e. The lowest BCUT2D eigenvalue weighted by Crippen LogP contribution is -2.37. The standard InChI is InChI=1S/C30H27N5O/c1-21-31-26(28-12-6-8-14-34(21)28)16-24-19-33(18-23-10-4-3-5-11-23)20-25(30(24)36)17-27-29-13-7-9-15-35(29)22(2)32-27/h3-17H,18-20H2,1-2H3/b24-16+,25-17+. The highest BCUT2D eigenvalue weighted by Crippen LogP contribution is 2.26. The second-order valence-corrected chi connectivity index (χ2v) is 9.30. The fourth-order valence-corrected chi connectivity index (χ4v) is 5.04. The number of carbonyl (C=O) groups is 1. The van der Waals surface area contributed by atoms with Gasteiger partial charge in [0.15, 0.2) is 5.78 Å². The summed E-state index contributed by atoms with van der Waals surface area (Å²) in [6.45, 7) is 5.86. The number of piperidine rings is 1. The van der Waals surface area contributed by atoms with Crippen molar-refractivity contribution < 1.29 is 4.79 Å². The van der Waals surface area contributed by atoms with Crippen molar-refractivity contribution >= 4 is 29.0 Å². The van der Waals surface area contributed by atoms with E-state index >= 15 is 0 Å². The van der Waals surface area contributed by atoms with Crippen LogP contribution in [0.5, 0.6) is 0 Å². The Labute approximate surface area is 209 Å². The molecule has 36 heavy (non-hydrogen) atoms. The zero-order valence-corrected chi connectivity index (χ0v) is 20.4. The first-order valence-corrected chi connectivity index (χ1v) is 12.2. The molecule has 6 rings (SSSR count). The van der Waals surface area contributed by atoms with Gasteiger partial charge in [-0.1, -0.05) is 42.5 Å². The third-order valence-corrected chi connectivity index (χ3v) is 6.75. The van der Waals surface area contributed by atoms with Gasteiger partial charge >= 0.3 is 0 Å². The molecule has 1 aliphatic rings. The molecule has 6 heteroatoms. The van der Waals surface area contributed by atoms with Crippen molar-refractivity contribution in [3.63, 3.8) is 0 Å². The molecule has 1 aromatic carbocycles. The van der Waals surface area contributed by atoms with Gasteiger partial charge in [0.1, 0.15) is 11.6 Å². The number of likely N-dealkylation sites (tertiary alicyclic amines) is 1. The number of hydrogen-bond donors (Lipinski definition) is 0. The number of pyridine rings is 2.